The molecule has 1 saturated heterocycles. The van der Waals surface area contributed by atoms with Crippen LogP contribution in [-0.2, 0) is 4.79 Å². The molecule has 35 heavy (non-hydrogen) atoms. The van der Waals surface area contributed by atoms with E-state index in [0.717, 1.165) is 48.4 Å². The summed E-state index contributed by atoms with van der Waals surface area (Å²) in [4.78, 5) is 26.6. The Morgan fingerprint density at radius 2 is 2.00 bits per heavy atom. The Balaban J connectivity index is 1.52. The van der Waals surface area contributed by atoms with Gasteiger partial charge in [-0.2, -0.15) is 0 Å². The molecule has 0 saturated carbocycles. The topological polar surface area (TPSA) is 63.0 Å². The van der Waals surface area contributed by atoms with E-state index in [4.69, 9.17) is 9.73 Å². The molecule has 0 aliphatic carbocycles. The smallest absolute Gasteiger partial charge is 0.279 e. The van der Waals surface area contributed by atoms with Crippen molar-refractivity contribution in [3.63, 3.8) is 0 Å². The zero-order valence-corrected chi connectivity index (χ0v) is 20.1. The van der Waals surface area contributed by atoms with Gasteiger partial charge in [-0.15, -0.1) is 0 Å². The average Bonchev–Trinajstić information content (AvgIpc) is 3.37. The van der Waals surface area contributed by atoms with Gasteiger partial charge < -0.3 is 14.2 Å². The second-order valence-corrected chi connectivity index (χ2v) is 8.76. The zero-order valence-electron chi connectivity index (χ0n) is 20.1. The Hall–Kier alpha value is -3.94. The van der Waals surface area contributed by atoms with Gasteiger partial charge in [-0.25, -0.2) is 14.4 Å². The normalized spacial score (nSPS) is 19.1. The SMILES string of the molecule is CCN1CCCC(c2ccc(F)cc2)N2C(=O)/C(=C/c3ccc(-n4cnc(C)c4)c(OC)c3)N=C12. The highest BCUT2D eigenvalue weighted by atomic mass is 19.1. The third-order valence-corrected chi connectivity index (χ3v) is 6.51. The third kappa shape index (κ3) is 4.32. The lowest BCUT2D eigenvalue weighted by Gasteiger charge is -2.30. The molecule has 1 atom stereocenters. The number of aliphatic imine (C=N–C) groups is 1. The molecule has 2 aliphatic heterocycles. The predicted octanol–water partition coefficient (Wildman–Crippen LogP) is 4.72. The van der Waals surface area contributed by atoms with Crippen molar-refractivity contribution in [3.05, 3.63) is 83.3 Å². The van der Waals surface area contributed by atoms with Crippen molar-refractivity contribution < 1.29 is 13.9 Å². The molecule has 8 heteroatoms. The van der Waals surface area contributed by atoms with E-state index in [1.54, 1.807) is 36.5 Å². The van der Waals surface area contributed by atoms with Gasteiger partial charge in [0.25, 0.3) is 5.91 Å². The summed E-state index contributed by atoms with van der Waals surface area (Å²) < 4.78 is 21.1. The largest absolute Gasteiger partial charge is 0.495 e. The second-order valence-electron chi connectivity index (χ2n) is 8.76. The van der Waals surface area contributed by atoms with Crippen molar-refractivity contribution in [2.24, 2.45) is 4.99 Å². The summed E-state index contributed by atoms with van der Waals surface area (Å²) in [6.45, 7) is 5.56. The van der Waals surface area contributed by atoms with E-state index >= 15 is 0 Å². The number of carbonyl (C=O) groups excluding carboxylic acids is 1. The van der Waals surface area contributed by atoms with Crippen molar-refractivity contribution in [2.45, 2.75) is 32.7 Å². The Kier molecular flexibility index (Phi) is 6.11. The molecule has 1 aromatic heterocycles. The van der Waals surface area contributed by atoms with Crippen LogP contribution in [0.3, 0.4) is 0 Å². The van der Waals surface area contributed by atoms with E-state index in [1.807, 2.05) is 35.9 Å². The molecule has 5 rings (SSSR count). The molecule has 0 radical (unpaired) electrons. The van der Waals surface area contributed by atoms with Crippen molar-refractivity contribution in [2.75, 3.05) is 20.2 Å². The predicted molar refractivity (Wildman–Crippen MR) is 133 cm³/mol. The number of aryl methyl sites for hydroxylation is 1. The third-order valence-electron chi connectivity index (χ3n) is 6.51. The fraction of sp³-hybridized carbons (Fsp3) is 0.296. The van der Waals surface area contributed by atoms with Crippen LogP contribution in [0.25, 0.3) is 11.8 Å². The summed E-state index contributed by atoms with van der Waals surface area (Å²) in [7, 11) is 1.62. The van der Waals surface area contributed by atoms with Crippen LogP contribution >= 0.6 is 0 Å². The molecule has 1 fully saturated rings. The number of halogens is 1. The summed E-state index contributed by atoms with van der Waals surface area (Å²) in [5.74, 6) is 0.891. The maximum atomic E-state index is 13.7. The summed E-state index contributed by atoms with van der Waals surface area (Å²) in [6, 6.07) is 12.0. The number of hydrogen-bond donors (Lipinski definition) is 0. The molecule has 1 unspecified atom stereocenters. The second kappa shape index (κ2) is 9.37. The number of carbonyl (C=O) groups is 1. The van der Waals surface area contributed by atoms with Crippen molar-refractivity contribution >= 4 is 17.9 Å². The van der Waals surface area contributed by atoms with Gasteiger partial charge >= 0.3 is 0 Å². The number of fused-ring (bicyclic) bond motifs is 1. The summed E-state index contributed by atoms with van der Waals surface area (Å²) in [5, 5.41) is 0. The van der Waals surface area contributed by atoms with Crippen LogP contribution in [-0.4, -0.2) is 51.4 Å². The summed E-state index contributed by atoms with van der Waals surface area (Å²) in [5.41, 5.74) is 3.87. The van der Waals surface area contributed by atoms with Gasteiger partial charge in [-0.1, -0.05) is 18.2 Å². The number of rotatable bonds is 5. The minimum Gasteiger partial charge on any atom is -0.495 e. The lowest BCUT2D eigenvalue weighted by atomic mass is 10.0. The quantitative estimate of drug-likeness (QED) is 0.503. The lowest BCUT2D eigenvalue weighted by Crippen LogP contribution is -2.43. The lowest BCUT2D eigenvalue weighted by molar-refractivity contribution is -0.124. The van der Waals surface area contributed by atoms with Gasteiger partial charge in [-0.05, 0) is 68.2 Å². The molecule has 0 N–H and O–H groups in total. The molecule has 0 bridgehead atoms. The number of aromatic nitrogens is 2. The number of hydrogen-bond acceptors (Lipinski definition) is 5. The highest BCUT2D eigenvalue weighted by Crippen LogP contribution is 2.36. The van der Waals surface area contributed by atoms with Crippen LogP contribution in [0.15, 0.2) is 65.7 Å². The molecule has 1 amide bonds. The monoisotopic (exact) mass is 473 g/mol. The highest BCUT2D eigenvalue weighted by Gasteiger charge is 2.40. The molecule has 0 spiro atoms. The van der Waals surface area contributed by atoms with Crippen molar-refractivity contribution in [3.8, 4) is 11.4 Å². The summed E-state index contributed by atoms with van der Waals surface area (Å²) >= 11 is 0. The first-order valence-electron chi connectivity index (χ1n) is 11.8. The minimum atomic E-state index is -0.289. The van der Waals surface area contributed by atoms with Gasteiger partial charge in [0.05, 0.1) is 30.9 Å². The minimum absolute atomic E-state index is 0.150. The Morgan fingerprint density at radius 1 is 1.20 bits per heavy atom. The maximum Gasteiger partial charge on any atom is 0.279 e. The highest BCUT2D eigenvalue weighted by molar-refractivity contribution is 6.14. The van der Waals surface area contributed by atoms with Crippen LogP contribution in [0.5, 0.6) is 5.75 Å². The molecular weight excluding hydrogens is 445 g/mol. The zero-order chi connectivity index (χ0) is 24.5. The number of guanidine groups is 1. The summed E-state index contributed by atoms with van der Waals surface area (Å²) in [6.07, 6.45) is 7.17. The average molecular weight is 474 g/mol. The van der Waals surface area contributed by atoms with Crippen LogP contribution in [0.4, 0.5) is 4.39 Å². The standard InChI is InChI=1S/C27H28FN5O2/c1-4-31-13-5-6-23(20-8-10-21(28)11-9-20)33-26(34)22(30-27(31)33)14-19-7-12-24(25(15-19)35-3)32-16-18(2)29-17-32/h7-12,14-17,23H,4-6,13H2,1-3H3/b22-14-. The molecular formula is C27H28FN5O2. The molecule has 2 aliphatic rings. The molecule has 3 aromatic rings. The maximum absolute atomic E-state index is 13.7. The molecule has 3 heterocycles. The van der Waals surface area contributed by atoms with Crippen LogP contribution in [0, 0.1) is 12.7 Å². The Labute approximate surface area is 204 Å². The molecule has 2 aromatic carbocycles. The van der Waals surface area contributed by atoms with E-state index in [9.17, 15) is 9.18 Å². The van der Waals surface area contributed by atoms with Crippen molar-refractivity contribution in [1.29, 1.82) is 0 Å². The van der Waals surface area contributed by atoms with E-state index < -0.39 is 0 Å². The van der Waals surface area contributed by atoms with Gasteiger partial charge in [0.15, 0.2) is 0 Å². The number of benzene rings is 2. The Bertz CT molecular complexity index is 1310. The van der Waals surface area contributed by atoms with Crippen molar-refractivity contribution in [1.82, 2.24) is 19.4 Å². The van der Waals surface area contributed by atoms with Crippen LogP contribution in [0.1, 0.15) is 42.6 Å². The first-order valence-corrected chi connectivity index (χ1v) is 11.8. The van der Waals surface area contributed by atoms with Crippen LogP contribution in [0.2, 0.25) is 0 Å². The first kappa shape index (κ1) is 22.8. The van der Waals surface area contributed by atoms with E-state index in [0.29, 0.717) is 17.4 Å². The number of ether oxygens (including phenoxy) is 1. The molecule has 7 nitrogen and oxygen atoms in total. The number of amides is 1. The van der Waals surface area contributed by atoms with E-state index in [1.165, 1.54) is 12.1 Å². The van der Waals surface area contributed by atoms with E-state index in [2.05, 4.69) is 16.8 Å². The number of imidazole rings is 1. The fourth-order valence-corrected chi connectivity index (χ4v) is 4.73. The van der Waals surface area contributed by atoms with Gasteiger partial charge in [-0.3, -0.25) is 9.69 Å². The fourth-order valence-electron chi connectivity index (χ4n) is 4.73. The van der Waals surface area contributed by atoms with Gasteiger partial charge in [0.1, 0.15) is 17.3 Å². The number of methoxy groups -OCH3 is 1. The molecule has 180 valence electrons. The van der Waals surface area contributed by atoms with Gasteiger partial charge in [0.2, 0.25) is 5.96 Å². The van der Waals surface area contributed by atoms with Gasteiger partial charge in [0, 0.05) is 19.3 Å². The van der Waals surface area contributed by atoms with E-state index in [-0.39, 0.29) is 17.8 Å². The Morgan fingerprint density at radius 3 is 2.69 bits per heavy atom. The first-order chi connectivity index (χ1) is 17.0. The van der Waals surface area contributed by atoms with Crippen LogP contribution < -0.4 is 4.74 Å². The number of nitrogens with zero attached hydrogens (tertiary/aromatic N) is 5.